The number of aromatic nitrogens is 3. The average molecular weight is 261 g/mol. The second kappa shape index (κ2) is 5.09. The normalized spacial score (nSPS) is 18.3. The molecule has 19 heavy (non-hydrogen) atoms. The SMILES string of the molecule is OCC1CCn2c(Cc3ccc(F)cc3)nnc2C1. The molecule has 0 amide bonds. The molecule has 3 rings (SSSR count). The van der Waals surface area contributed by atoms with Gasteiger partial charge in [-0.3, -0.25) is 0 Å². The first-order chi connectivity index (χ1) is 9.26. The second-order valence-electron chi connectivity index (χ2n) is 5.03. The van der Waals surface area contributed by atoms with Crippen LogP contribution < -0.4 is 0 Å². The fraction of sp³-hybridized carbons (Fsp3) is 0.429. The number of benzene rings is 1. The molecule has 1 unspecified atom stereocenters. The monoisotopic (exact) mass is 261 g/mol. The summed E-state index contributed by atoms with van der Waals surface area (Å²) in [4.78, 5) is 0. The highest BCUT2D eigenvalue weighted by atomic mass is 19.1. The molecule has 0 spiro atoms. The molecule has 100 valence electrons. The van der Waals surface area contributed by atoms with Gasteiger partial charge in [-0.25, -0.2) is 4.39 Å². The number of halogens is 1. The van der Waals surface area contributed by atoms with Crippen molar-refractivity contribution in [3.8, 4) is 0 Å². The minimum absolute atomic E-state index is 0.208. The average Bonchev–Trinajstić information content (AvgIpc) is 2.83. The number of rotatable bonds is 3. The highest BCUT2D eigenvalue weighted by Crippen LogP contribution is 2.21. The highest BCUT2D eigenvalue weighted by molar-refractivity contribution is 5.20. The van der Waals surface area contributed by atoms with E-state index in [1.807, 2.05) is 0 Å². The predicted molar refractivity (Wildman–Crippen MR) is 68.1 cm³/mol. The predicted octanol–water partition coefficient (Wildman–Crippen LogP) is 1.56. The molecule has 1 aliphatic rings. The molecule has 0 saturated carbocycles. The van der Waals surface area contributed by atoms with Crippen molar-refractivity contribution < 1.29 is 9.50 Å². The lowest BCUT2D eigenvalue weighted by Gasteiger charge is -2.21. The molecule has 4 nitrogen and oxygen atoms in total. The van der Waals surface area contributed by atoms with Gasteiger partial charge in [0.05, 0.1) is 0 Å². The Hall–Kier alpha value is -1.75. The van der Waals surface area contributed by atoms with Gasteiger partial charge in [0.25, 0.3) is 0 Å². The molecule has 0 saturated heterocycles. The van der Waals surface area contributed by atoms with Gasteiger partial charge in [-0.15, -0.1) is 10.2 Å². The van der Waals surface area contributed by atoms with Crippen LogP contribution in [0.5, 0.6) is 0 Å². The van der Waals surface area contributed by atoms with Crippen molar-refractivity contribution in [2.75, 3.05) is 6.61 Å². The van der Waals surface area contributed by atoms with E-state index in [0.717, 1.165) is 36.6 Å². The molecule has 0 fully saturated rings. The summed E-state index contributed by atoms with van der Waals surface area (Å²) < 4.78 is 15.0. The Morgan fingerprint density at radius 2 is 2.05 bits per heavy atom. The van der Waals surface area contributed by atoms with Crippen LogP contribution in [0.2, 0.25) is 0 Å². The van der Waals surface area contributed by atoms with Gasteiger partial charge in [0.2, 0.25) is 0 Å². The quantitative estimate of drug-likeness (QED) is 0.912. The van der Waals surface area contributed by atoms with Crippen molar-refractivity contribution in [3.63, 3.8) is 0 Å². The van der Waals surface area contributed by atoms with Gasteiger partial charge in [0.15, 0.2) is 0 Å². The summed E-state index contributed by atoms with van der Waals surface area (Å²) in [6, 6.07) is 6.47. The lowest BCUT2D eigenvalue weighted by molar-refractivity contribution is 0.198. The summed E-state index contributed by atoms with van der Waals surface area (Å²) >= 11 is 0. The molecule has 5 heteroatoms. The van der Waals surface area contributed by atoms with Crippen molar-refractivity contribution in [2.24, 2.45) is 5.92 Å². The van der Waals surface area contributed by atoms with E-state index >= 15 is 0 Å². The van der Waals surface area contributed by atoms with Crippen LogP contribution in [0.4, 0.5) is 4.39 Å². The molecule has 1 aliphatic heterocycles. The van der Waals surface area contributed by atoms with Gasteiger partial charge in [-0.05, 0) is 30.0 Å². The summed E-state index contributed by atoms with van der Waals surface area (Å²) in [6.45, 7) is 1.06. The fourth-order valence-electron chi connectivity index (χ4n) is 2.52. The fourth-order valence-corrected chi connectivity index (χ4v) is 2.52. The van der Waals surface area contributed by atoms with E-state index in [2.05, 4.69) is 14.8 Å². The van der Waals surface area contributed by atoms with Gasteiger partial charge >= 0.3 is 0 Å². The zero-order valence-corrected chi connectivity index (χ0v) is 10.6. The molecule has 0 radical (unpaired) electrons. The summed E-state index contributed by atoms with van der Waals surface area (Å²) in [6.07, 6.45) is 2.40. The van der Waals surface area contributed by atoms with Gasteiger partial charge in [-0.2, -0.15) is 0 Å². The van der Waals surface area contributed by atoms with Gasteiger partial charge in [-0.1, -0.05) is 12.1 Å². The Morgan fingerprint density at radius 1 is 1.26 bits per heavy atom. The minimum atomic E-state index is -0.224. The summed E-state index contributed by atoms with van der Waals surface area (Å²) in [7, 11) is 0. The van der Waals surface area contributed by atoms with Crippen molar-refractivity contribution in [2.45, 2.75) is 25.8 Å². The van der Waals surface area contributed by atoms with Gasteiger partial charge in [0, 0.05) is 26.0 Å². The molecule has 2 aromatic rings. The van der Waals surface area contributed by atoms with Crippen LogP contribution in [0.1, 0.15) is 23.6 Å². The van der Waals surface area contributed by atoms with Crippen molar-refractivity contribution in [1.82, 2.24) is 14.8 Å². The third-order valence-corrected chi connectivity index (χ3v) is 3.67. The molecule has 0 bridgehead atoms. The molecule has 1 atom stereocenters. The lowest BCUT2D eigenvalue weighted by Crippen LogP contribution is -2.23. The maximum absolute atomic E-state index is 12.9. The van der Waals surface area contributed by atoms with E-state index in [9.17, 15) is 9.50 Å². The summed E-state index contributed by atoms with van der Waals surface area (Å²) in [5.74, 6) is 1.94. The maximum atomic E-state index is 12.9. The number of fused-ring (bicyclic) bond motifs is 1. The Kier molecular flexibility index (Phi) is 3.29. The first-order valence-electron chi connectivity index (χ1n) is 6.52. The number of hydrogen-bond acceptors (Lipinski definition) is 3. The van der Waals surface area contributed by atoms with Gasteiger partial charge < -0.3 is 9.67 Å². The lowest BCUT2D eigenvalue weighted by atomic mass is 9.99. The molecule has 1 aromatic heterocycles. The number of aliphatic hydroxyl groups is 1. The van der Waals surface area contributed by atoms with E-state index in [4.69, 9.17) is 0 Å². The van der Waals surface area contributed by atoms with Crippen LogP contribution in [-0.4, -0.2) is 26.5 Å². The second-order valence-corrected chi connectivity index (χ2v) is 5.03. The van der Waals surface area contributed by atoms with Crippen molar-refractivity contribution >= 4 is 0 Å². The van der Waals surface area contributed by atoms with Gasteiger partial charge in [0.1, 0.15) is 17.5 Å². The molecular weight excluding hydrogens is 245 g/mol. The minimum Gasteiger partial charge on any atom is -0.396 e. The largest absolute Gasteiger partial charge is 0.396 e. The first kappa shape index (κ1) is 12.3. The van der Waals surface area contributed by atoms with E-state index in [1.165, 1.54) is 12.1 Å². The third kappa shape index (κ3) is 2.51. The standard InChI is InChI=1S/C14H16FN3O/c15-12-3-1-10(2-4-12)7-13-16-17-14-8-11(9-19)5-6-18(13)14/h1-4,11,19H,5-9H2. The van der Waals surface area contributed by atoms with E-state index < -0.39 is 0 Å². The van der Waals surface area contributed by atoms with Crippen LogP contribution >= 0.6 is 0 Å². The number of nitrogens with zero attached hydrogens (tertiary/aromatic N) is 3. The first-order valence-corrected chi connectivity index (χ1v) is 6.52. The smallest absolute Gasteiger partial charge is 0.137 e. The Labute approximate surface area is 110 Å². The third-order valence-electron chi connectivity index (χ3n) is 3.67. The molecular formula is C14H16FN3O. The van der Waals surface area contributed by atoms with Crippen molar-refractivity contribution in [1.29, 1.82) is 0 Å². The van der Waals surface area contributed by atoms with Crippen molar-refractivity contribution in [3.05, 3.63) is 47.3 Å². The summed E-state index contributed by atoms with van der Waals surface area (Å²) in [5, 5.41) is 17.6. The Bertz CT molecular complexity index is 565. The highest BCUT2D eigenvalue weighted by Gasteiger charge is 2.22. The van der Waals surface area contributed by atoms with Crippen LogP contribution in [0.3, 0.4) is 0 Å². The Balaban J connectivity index is 1.80. The zero-order valence-electron chi connectivity index (χ0n) is 10.6. The van der Waals surface area contributed by atoms with E-state index in [-0.39, 0.29) is 12.4 Å². The van der Waals surface area contributed by atoms with Crippen LogP contribution in [-0.2, 0) is 19.4 Å². The number of aliphatic hydroxyl groups excluding tert-OH is 1. The van der Waals surface area contributed by atoms with Crippen LogP contribution in [0.15, 0.2) is 24.3 Å². The molecule has 2 heterocycles. The maximum Gasteiger partial charge on any atom is 0.137 e. The van der Waals surface area contributed by atoms with Crippen LogP contribution in [0.25, 0.3) is 0 Å². The van der Waals surface area contributed by atoms with E-state index in [1.54, 1.807) is 12.1 Å². The van der Waals surface area contributed by atoms with E-state index in [0.29, 0.717) is 12.3 Å². The molecule has 1 aromatic carbocycles. The molecule has 1 N–H and O–H groups in total. The topological polar surface area (TPSA) is 50.9 Å². The number of hydrogen-bond donors (Lipinski definition) is 1. The zero-order chi connectivity index (χ0) is 13.2. The summed E-state index contributed by atoms with van der Waals surface area (Å²) in [5.41, 5.74) is 1.03. The Morgan fingerprint density at radius 3 is 2.79 bits per heavy atom. The van der Waals surface area contributed by atoms with Crippen LogP contribution in [0, 0.1) is 11.7 Å². The molecule has 0 aliphatic carbocycles.